The normalized spacial score (nSPS) is 29.7. The number of rotatable bonds is 4. The number of aliphatic hydroxyl groups excluding tert-OH is 1. The van der Waals surface area contributed by atoms with E-state index in [-0.39, 0.29) is 0 Å². The number of hydrogen-bond acceptors (Lipinski definition) is 3. The van der Waals surface area contributed by atoms with Crippen LogP contribution < -0.4 is 0 Å². The molecule has 2 unspecified atom stereocenters. The van der Waals surface area contributed by atoms with E-state index in [9.17, 15) is 5.11 Å². The third-order valence-electron chi connectivity index (χ3n) is 4.97. The van der Waals surface area contributed by atoms with Crippen molar-refractivity contribution in [3.8, 4) is 0 Å². The topological polar surface area (TPSA) is 47.3 Å². The second-order valence-electron chi connectivity index (χ2n) is 6.56. The molecule has 1 aromatic heterocycles. The summed E-state index contributed by atoms with van der Waals surface area (Å²) in [6.07, 6.45) is 10.5. The Morgan fingerprint density at radius 3 is 2.90 bits per heavy atom. The van der Waals surface area contributed by atoms with Crippen LogP contribution in [0, 0.1) is 0 Å². The Morgan fingerprint density at radius 2 is 2.20 bits per heavy atom. The Bertz CT molecular complexity index is 431. The molecule has 1 aromatic rings. The Balaban J connectivity index is 1.62. The first kappa shape index (κ1) is 14.1. The molecule has 1 aliphatic carbocycles. The van der Waals surface area contributed by atoms with E-state index < -0.39 is 11.7 Å². The highest BCUT2D eigenvalue weighted by atomic mass is 16.5. The fourth-order valence-corrected chi connectivity index (χ4v) is 3.49. The highest BCUT2D eigenvalue weighted by Crippen LogP contribution is 2.31. The van der Waals surface area contributed by atoms with Gasteiger partial charge < -0.3 is 9.84 Å². The zero-order chi connectivity index (χ0) is 14.0. The second kappa shape index (κ2) is 5.86. The van der Waals surface area contributed by atoms with Gasteiger partial charge in [-0.25, -0.2) is 0 Å². The summed E-state index contributed by atoms with van der Waals surface area (Å²) in [7, 11) is 0. The lowest BCUT2D eigenvalue weighted by molar-refractivity contribution is -0.135. The number of nitrogens with zero attached hydrogens (tertiary/aromatic N) is 2. The van der Waals surface area contributed by atoms with Gasteiger partial charge in [0, 0.05) is 19.2 Å². The Labute approximate surface area is 121 Å². The minimum absolute atomic E-state index is 0.393. The second-order valence-corrected chi connectivity index (χ2v) is 6.56. The fraction of sp³-hybridized carbons (Fsp3) is 0.812. The number of ether oxygens (including phenoxy) is 1. The van der Waals surface area contributed by atoms with Crippen molar-refractivity contribution in [1.82, 2.24) is 9.78 Å². The van der Waals surface area contributed by atoms with Gasteiger partial charge in [-0.3, -0.25) is 4.68 Å². The van der Waals surface area contributed by atoms with E-state index >= 15 is 0 Å². The number of aromatic nitrogens is 2. The van der Waals surface area contributed by atoms with Crippen LogP contribution in [0.15, 0.2) is 12.3 Å². The van der Waals surface area contributed by atoms with Crippen LogP contribution >= 0.6 is 0 Å². The van der Waals surface area contributed by atoms with Crippen molar-refractivity contribution in [3.63, 3.8) is 0 Å². The summed E-state index contributed by atoms with van der Waals surface area (Å²) in [5.74, 6) is 0. The summed E-state index contributed by atoms with van der Waals surface area (Å²) in [4.78, 5) is 0. The third kappa shape index (κ3) is 2.91. The summed E-state index contributed by atoms with van der Waals surface area (Å²) in [5.41, 5.74) is 0.592. The van der Waals surface area contributed by atoms with Gasteiger partial charge in [0.15, 0.2) is 0 Å². The zero-order valence-corrected chi connectivity index (χ0v) is 12.4. The predicted octanol–water partition coefficient (Wildman–Crippen LogP) is 2.86. The maximum Gasteiger partial charge on any atom is 0.0916 e. The highest BCUT2D eigenvalue weighted by molar-refractivity contribution is 5.04. The van der Waals surface area contributed by atoms with Crippen molar-refractivity contribution in [2.45, 2.75) is 76.0 Å². The van der Waals surface area contributed by atoms with Gasteiger partial charge in [0.25, 0.3) is 0 Å². The SMILES string of the molecule is CC1(C(O)Cc2ccn(C3CCCC3)n2)CCCCO1. The first-order chi connectivity index (χ1) is 9.67. The molecule has 2 fully saturated rings. The molecule has 0 amide bonds. The van der Waals surface area contributed by atoms with E-state index in [1.165, 1.54) is 25.7 Å². The highest BCUT2D eigenvalue weighted by Gasteiger charge is 2.36. The molecule has 1 saturated carbocycles. The molecule has 4 heteroatoms. The van der Waals surface area contributed by atoms with Gasteiger partial charge in [-0.15, -0.1) is 0 Å². The molecular weight excluding hydrogens is 252 g/mol. The molecule has 1 N–H and O–H groups in total. The Morgan fingerprint density at radius 1 is 1.40 bits per heavy atom. The minimum Gasteiger partial charge on any atom is -0.390 e. The van der Waals surface area contributed by atoms with Crippen molar-refractivity contribution >= 4 is 0 Å². The van der Waals surface area contributed by atoms with Crippen molar-refractivity contribution in [2.75, 3.05) is 6.61 Å². The van der Waals surface area contributed by atoms with Gasteiger partial charge in [-0.05, 0) is 45.1 Å². The number of aliphatic hydroxyl groups is 1. The molecule has 20 heavy (non-hydrogen) atoms. The lowest BCUT2D eigenvalue weighted by atomic mass is 9.88. The van der Waals surface area contributed by atoms with Crippen LogP contribution in [0.3, 0.4) is 0 Å². The van der Waals surface area contributed by atoms with E-state index in [0.717, 1.165) is 31.6 Å². The molecule has 0 spiro atoms. The van der Waals surface area contributed by atoms with Crippen molar-refractivity contribution in [1.29, 1.82) is 0 Å². The molecule has 2 aliphatic rings. The van der Waals surface area contributed by atoms with E-state index in [2.05, 4.69) is 16.0 Å². The van der Waals surface area contributed by atoms with Crippen LogP contribution in [-0.2, 0) is 11.2 Å². The lowest BCUT2D eigenvalue weighted by Crippen LogP contribution is -2.45. The standard InChI is InChI=1S/C16H26N2O2/c1-16(9-4-5-11-20-16)15(19)12-13-8-10-18(17-13)14-6-2-3-7-14/h8,10,14-15,19H,2-7,9,11-12H2,1H3. The van der Waals surface area contributed by atoms with Crippen LogP contribution in [0.1, 0.15) is 63.6 Å². The molecule has 4 nitrogen and oxygen atoms in total. The Kier molecular flexibility index (Phi) is 4.13. The first-order valence-electron chi connectivity index (χ1n) is 8.03. The molecule has 0 bridgehead atoms. The lowest BCUT2D eigenvalue weighted by Gasteiger charge is -2.37. The quantitative estimate of drug-likeness (QED) is 0.921. The molecule has 2 atom stereocenters. The van der Waals surface area contributed by atoms with Gasteiger partial charge in [0.1, 0.15) is 0 Å². The van der Waals surface area contributed by atoms with E-state index in [1.54, 1.807) is 0 Å². The van der Waals surface area contributed by atoms with Crippen LogP contribution in [0.4, 0.5) is 0 Å². The van der Waals surface area contributed by atoms with Gasteiger partial charge in [-0.1, -0.05) is 12.8 Å². The van der Waals surface area contributed by atoms with E-state index in [1.807, 2.05) is 13.0 Å². The molecular formula is C16H26N2O2. The predicted molar refractivity (Wildman–Crippen MR) is 77.7 cm³/mol. The largest absolute Gasteiger partial charge is 0.390 e. The third-order valence-corrected chi connectivity index (χ3v) is 4.97. The first-order valence-corrected chi connectivity index (χ1v) is 8.03. The number of hydrogen-bond donors (Lipinski definition) is 1. The summed E-state index contributed by atoms with van der Waals surface area (Å²) >= 11 is 0. The average molecular weight is 278 g/mol. The maximum atomic E-state index is 10.5. The Hall–Kier alpha value is -0.870. The molecule has 0 aromatic carbocycles. The van der Waals surface area contributed by atoms with Crippen LogP contribution in [0.25, 0.3) is 0 Å². The maximum absolute atomic E-state index is 10.5. The van der Waals surface area contributed by atoms with Crippen molar-refractivity contribution < 1.29 is 9.84 Å². The molecule has 1 aliphatic heterocycles. The molecule has 3 rings (SSSR count). The minimum atomic E-state index is -0.463. The smallest absolute Gasteiger partial charge is 0.0916 e. The molecule has 2 heterocycles. The van der Waals surface area contributed by atoms with Gasteiger partial charge >= 0.3 is 0 Å². The average Bonchev–Trinajstić information content (AvgIpc) is 3.09. The van der Waals surface area contributed by atoms with Crippen LogP contribution in [-0.4, -0.2) is 33.2 Å². The van der Waals surface area contributed by atoms with E-state index in [4.69, 9.17) is 4.74 Å². The summed E-state index contributed by atoms with van der Waals surface area (Å²) in [5, 5.41) is 15.1. The van der Waals surface area contributed by atoms with Crippen molar-refractivity contribution in [2.24, 2.45) is 0 Å². The molecule has 0 radical (unpaired) electrons. The molecule has 112 valence electrons. The summed E-state index contributed by atoms with van der Waals surface area (Å²) < 4.78 is 7.92. The summed E-state index contributed by atoms with van der Waals surface area (Å²) in [6, 6.07) is 2.62. The van der Waals surface area contributed by atoms with Crippen LogP contribution in [0.5, 0.6) is 0 Å². The van der Waals surface area contributed by atoms with E-state index in [0.29, 0.717) is 12.5 Å². The van der Waals surface area contributed by atoms with Gasteiger partial charge in [0.05, 0.1) is 23.4 Å². The van der Waals surface area contributed by atoms with Gasteiger partial charge in [-0.2, -0.15) is 5.10 Å². The van der Waals surface area contributed by atoms with Crippen LogP contribution in [0.2, 0.25) is 0 Å². The van der Waals surface area contributed by atoms with Gasteiger partial charge in [0.2, 0.25) is 0 Å². The monoisotopic (exact) mass is 278 g/mol. The fourth-order valence-electron chi connectivity index (χ4n) is 3.49. The zero-order valence-electron chi connectivity index (χ0n) is 12.4. The molecule has 1 saturated heterocycles. The summed E-state index contributed by atoms with van der Waals surface area (Å²) in [6.45, 7) is 2.80. The van der Waals surface area contributed by atoms with Crippen molar-refractivity contribution in [3.05, 3.63) is 18.0 Å².